The number of carbonyl (C=O) groups excluding carboxylic acids is 2. The Bertz CT molecular complexity index is 1520. The first-order valence-electron chi connectivity index (χ1n) is 13.0. The minimum Gasteiger partial charge on any atom is -0.508 e. The molecule has 0 bridgehead atoms. The van der Waals surface area contributed by atoms with E-state index in [1.54, 1.807) is 63.8 Å². The molecule has 0 unspecified atom stereocenters. The summed E-state index contributed by atoms with van der Waals surface area (Å²) in [5.74, 6) is 0.879. The number of aromatic hydroxyl groups is 1. The number of carbonyl (C=O) groups is 2. The summed E-state index contributed by atoms with van der Waals surface area (Å²) < 4.78 is 16.1. The summed E-state index contributed by atoms with van der Waals surface area (Å²) in [6, 6.07) is 19.5. The predicted octanol–water partition coefficient (Wildman–Crippen LogP) is 5.42. The normalized spacial score (nSPS) is 18.6. The molecule has 5 rings (SSSR count). The van der Waals surface area contributed by atoms with Crippen molar-refractivity contribution in [1.82, 2.24) is 5.32 Å². The van der Waals surface area contributed by atoms with E-state index in [-0.39, 0.29) is 29.8 Å². The zero-order valence-corrected chi connectivity index (χ0v) is 22.9. The number of allylic oxidation sites excluding steroid dienone is 3. The van der Waals surface area contributed by atoms with E-state index in [1.165, 1.54) is 0 Å². The summed E-state index contributed by atoms with van der Waals surface area (Å²) in [4.78, 5) is 27.6. The van der Waals surface area contributed by atoms with Gasteiger partial charge in [-0.25, -0.2) is 0 Å². The molecule has 1 amide bonds. The van der Waals surface area contributed by atoms with Crippen LogP contribution in [-0.2, 0) is 9.59 Å². The smallest absolute Gasteiger partial charge is 0.254 e. The Morgan fingerprint density at radius 1 is 0.900 bits per heavy atom. The minimum atomic E-state index is -0.638. The SMILES string of the molecule is COc1ccc(NC(=O)C2=C(C)NC3=C(C(=O)C[C@@H](c4ccc(OC)c(OC)c4)C3)[C@H]2c2cccc(O)c2)cc1. The maximum atomic E-state index is 13.9. The van der Waals surface area contributed by atoms with Gasteiger partial charge in [0.2, 0.25) is 0 Å². The topological polar surface area (TPSA) is 106 Å². The lowest BCUT2D eigenvalue weighted by molar-refractivity contribution is -0.116. The monoisotopic (exact) mass is 540 g/mol. The number of dihydropyridines is 1. The minimum absolute atomic E-state index is 0.0517. The number of rotatable bonds is 7. The molecule has 3 aromatic rings. The Morgan fingerprint density at radius 2 is 1.65 bits per heavy atom. The molecule has 0 radical (unpaired) electrons. The largest absolute Gasteiger partial charge is 0.508 e. The van der Waals surface area contributed by atoms with Crippen LogP contribution in [0.25, 0.3) is 0 Å². The Hall–Kier alpha value is -4.72. The van der Waals surface area contributed by atoms with Gasteiger partial charge in [0.05, 0.1) is 21.3 Å². The molecule has 40 heavy (non-hydrogen) atoms. The van der Waals surface area contributed by atoms with Gasteiger partial charge in [-0.2, -0.15) is 0 Å². The van der Waals surface area contributed by atoms with Gasteiger partial charge in [-0.3, -0.25) is 9.59 Å². The van der Waals surface area contributed by atoms with Crippen molar-refractivity contribution < 1.29 is 28.9 Å². The fraction of sp³-hybridized carbons (Fsp3) is 0.250. The Kier molecular flexibility index (Phi) is 7.51. The van der Waals surface area contributed by atoms with Crippen LogP contribution in [0.2, 0.25) is 0 Å². The zero-order valence-electron chi connectivity index (χ0n) is 22.9. The van der Waals surface area contributed by atoms with Crippen LogP contribution < -0.4 is 24.8 Å². The standard InChI is InChI=1S/C32H32N2O6/c1-18-29(32(37)34-22-9-11-24(38-2)12-10-22)30(20-6-5-7-23(35)14-20)31-25(33-18)15-21(16-26(31)36)19-8-13-27(39-3)28(17-19)40-4/h5-14,17,21,30,33,35H,15-16H2,1-4H3,(H,34,37)/t21-,30-/m0/s1. The summed E-state index contributed by atoms with van der Waals surface area (Å²) in [5.41, 5.74) is 4.65. The average Bonchev–Trinajstić information content (AvgIpc) is 2.96. The number of phenolic OH excluding ortho intramolecular Hbond substituents is 1. The van der Waals surface area contributed by atoms with E-state index in [0.717, 1.165) is 11.3 Å². The first kappa shape index (κ1) is 26.9. The molecule has 1 heterocycles. The number of methoxy groups -OCH3 is 3. The fourth-order valence-electron chi connectivity index (χ4n) is 5.59. The Labute approximate surface area is 233 Å². The second kappa shape index (κ2) is 11.2. The second-order valence-corrected chi connectivity index (χ2v) is 9.91. The van der Waals surface area contributed by atoms with E-state index in [2.05, 4.69) is 10.6 Å². The fourth-order valence-corrected chi connectivity index (χ4v) is 5.59. The van der Waals surface area contributed by atoms with E-state index >= 15 is 0 Å². The van der Waals surface area contributed by atoms with Gasteiger partial charge < -0.3 is 30.0 Å². The van der Waals surface area contributed by atoms with Crippen molar-refractivity contribution in [3.05, 3.63) is 100 Å². The summed E-state index contributed by atoms with van der Waals surface area (Å²) in [6.45, 7) is 1.84. The second-order valence-electron chi connectivity index (χ2n) is 9.91. The van der Waals surface area contributed by atoms with Crippen LogP contribution in [-0.4, -0.2) is 38.1 Å². The van der Waals surface area contributed by atoms with Gasteiger partial charge in [0.1, 0.15) is 11.5 Å². The predicted molar refractivity (Wildman–Crippen MR) is 152 cm³/mol. The van der Waals surface area contributed by atoms with E-state index in [9.17, 15) is 14.7 Å². The molecular weight excluding hydrogens is 508 g/mol. The van der Waals surface area contributed by atoms with Crippen LogP contribution in [0.4, 0.5) is 5.69 Å². The molecule has 8 heteroatoms. The molecular formula is C32H32N2O6. The van der Waals surface area contributed by atoms with E-state index < -0.39 is 5.92 Å². The maximum absolute atomic E-state index is 13.9. The summed E-state index contributed by atoms with van der Waals surface area (Å²) >= 11 is 0. The molecule has 8 nitrogen and oxygen atoms in total. The molecule has 1 aliphatic carbocycles. The van der Waals surface area contributed by atoms with Crippen molar-refractivity contribution in [3.8, 4) is 23.0 Å². The molecule has 1 aliphatic heterocycles. The molecule has 206 valence electrons. The molecule has 0 fully saturated rings. The van der Waals surface area contributed by atoms with Crippen molar-refractivity contribution in [1.29, 1.82) is 0 Å². The van der Waals surface area contributed by atoms with Gasteiger partial charge in [0.15, 0.2) is 17.3 Å². The summed E-state index contributed by atoms with van der Waals surface area (Å²) in [7, 11) is 4.75. The van der Waals surface area contributed by atoms with Gasteiger partial charge in [-0.1, -0.05) is 18.2 Å². The summed E-state index contributed by atoms with van der Waals surface area (Å²) in [6.07, 6.45) is 0.855. The van der Waals surface area contributed by atoms with E-state index in [4.69, 9.17) is 14.2 Å². The number of nitrogens with one attached hydrogen (secondary N) is 2. The highest BCUT2D eigenvalue weighted by atomic mass is 16.5. The number of benzene rings is 3. The number of ether oxygens (including phenoxy) is 3. The van der Waals surface area contributed by atoms with Crippen molar-refractivity contribution in [2.45, 2.75) is 31.6 Å². The third-order valence-corrected chi connectivity index (χ3v) is 7.50. The molecule has 0 spiro atoms. The van der Waals surface area contributed by atoms with Gasteiger partial charge in [0.25, 0.3) is 5.91 Å². The van der Waals surface area contributed by atoms with E-state index in [0.29, 0.717) is 51.8 Å². The third kappa shape index (κ3) is 5.12. The number of phenols is 1. The lowest BCUT2D eigenvalue weighted by Gasteiger charge is -2.37. The molecule has 0 saturated carbocycles. The third-order valence-electron chi connectivity index (χ3n) is 7.50. The number of hydrogen-bond acceptors (Lipinski definition) is 7. The van der Waals surface area contributed by atoms with Crippen molar-refractivity contribution in [2.24, 2.45) is 0 Å². The maximum Gasteiger partial charge on any atom is 0.254 e. The lowest BCUT2D eigenvalue weighted by Crippen LogP contribution is -2.37. The number of ketones is 1. The van der Waals surface area contributed by atoms with Crippen LogP contribution in [0.3, 0.4) is 0 Å². The van der Waals surface area contributed by atoms with Crippen molar-refractivity contribution >= 4 is 17.4 Å². The average molecular weight is 541 g/mol. The van der Waals surface area contributed by atoms with Crippen LogP contribution >= 0.6 is 0 Å². The van der Waals surface area contributed by atoms with E-state index in [1.807, 2.05) is 31.2 Å². The quantitative estimate of drug-likeness (QED) is 0.368. The number of Topliss-reactive ketones (excluding diaryl/α,β-unsaturated/α-hetero) is 1. The number of anilines is 1. The van der Waals surface area contributed by atoms with Gasteiger partial charge in [-0.05, 0) is 78.9 Å². The highest BCUT2D eigenvalue weighted by Gasteiger charge is 2.41. The zero-order chi connectivity index (χ0) is 28.4. The molecule has 0 saturated heterocycles. The van der Waals surface area contributed by atoms with Crippen molar-refractivity contribution in [2.75, 3.05) is 26.6 Å². The molecule has 2 aliphatic rings. The summed E-state index contributed by atoms with van der Waals surface area (Å²) in [5, 5.41) is 16.6. The Balaban J connectivity index is 1.53. The van der Waals surface area contributed by atoms with Crippen LogP contribution in [0.15, 0.2) is 89.3 Å². The highest BCUT2D eigenvalue weighted by Crippen LogP contribution is 2.46. The molecule has 3 aromatic carbocycles. The lowest BCUT2D eigenvalue weighted by atomic mass is 9.71. The van der Waals surface area contributed by atoms with Crippen molar-refractivity contribution in [3.63, 3.8) is 0 Å². The Morgan fingerprint density at radius 3 is 2.33 bits per heavy atom. The molecule has 3 N–H and O–H groups in total. The van der Waals surface area contributed by atoms with Gasteiger partial charge >= 0.3 is 0 Å². The number of hydrogen-bond donors (Lipinski definition) is 3. The molecule has 0 aromatic heterocycles. The first-order chi connectivity index (χ1) is 19.3. The molecule has 2 atom stereocenters. The first-order valence-corrected chi connectivity index (χ1v) is 13.0. The van der Waals surface area contributed by atoms with Crippen LogP contribution in [0.5, 0.6) is 23.0 Å². The van der Waals surface area contributed by atoms with Gasteiger partial charge in [0, 0.05) is 40.6 Å². The van der Waals surface area contributed by atoms with Crippen LogP contribution in [0, 0.1) is 0 Å². The van der Waals surface area contributed by atoms with Crippen LogP contribution in [0.1, 0.15) is 42.7 Å². The van der Waals surface area contributed by atoms with Gasteiger partial charge in [-0.15, -0.1) is 0 Å². The number of amides is 1. The highest BCUT2D eigenvalue weighted by molar-refractivity contribution is 6.10.